The van der Waals surface area contributed by atoms with Crippen molar-refractivity contribution < 1.29 is 31.7 Å². The van der Waals surface area contributed by atoms with Crippen LogP contribution < -0.4 is 5.32 Å². The van der Waals surface area contributed by atoms with Crippen LogP contribution in [0.2, 0.25) is 0 Å². The second-order valence-corrected chi connectivity index (χ2v) is 8.22. The Labute approximate surface area is 153 Å². The van der Waals surface area contributed by atoms with Gasteiger partial charge < -0.3 is 14.8 Å². The minimum absolute atomic E-state index is 0.0119. The summed E-state index contributed by atoms with van der Waals surface area (Å²) in [6, 6.07) is 5.07. The van der Waals surface area contributed by atoms with Gasteiger partial charge >= 0.3 is 12.1 Å². The zero-order valence-electron chi connectivity index (χ0n) is 15.6. The molecule has 0 aliphatic heterocycles. The van der Waals surface area contributed by atoms with Crippen LogP contribution in [0.15, 0.2) is 29.2 Å². The van der Waals surface area contributed by atoms with Crippen molar-refractivity contribution in [1.82, 2.24) is 5.32 Å². The average Bonchev–Trinajstić information content (AvgIpc) is 2.51. The van der Waals surface area contributed by atoms with E-state index in [1.807, 2.05) is 6.92 Å². The molecular formula is C17H25NO7S. The molecule has 0 saturated heterocycles. The Morgan fingerprint density at radius 3 is 2.23 bits per heavy atom. The molecule has 0 saturated carbocycles. The fraction of sp³-hybridized carbons (Fsp3) is 0.529. The summed E-state index contributed by atoms with van der Waals surface area (Å²) in [7, 11) is -2.80. The average molecular weight is 387 g/mol. The maximum absolute atomic E-state index is 12.1. The van der Waals surface area contributed by atoms with Gasteiger partial charge in [-0.1, -0.05) is 17.7 Å². The lowest BCUT2D eigenvalue weighted by Crippen LogP contribution is -2.44. The van der Waals surface area contributed by atoms with Crippen LogP contribution in [0.4, 0.5) is 4.79 Å². The Hall–Kier alpha value is -2.13. The van der Waals surface area contributed by atoms with Crippen molar-refractivity contribution >= 4 is 22.2 Å². The molecule has 8 nitrogen and oxygen atoms in total. The van der Waals surface area contributed by atoms with E-state index in [2.05, 4.69) is 10.1 Å². The number of amides is 1. The standard InChI is InChI=1S/C17H25NO7S/c1-12-6-8-13(9-7-12)26(21,22)24-11-10-14(15(19)23-5)18-16(20)25-17(2,3)4/h6-9,14H,10-11H2,1-5H3,(H,18,20). The Morgan fingerprint density at radius 2 is 1.73 bits per heavy atom. The van der Waals surface area contributed by atoms with Gasteiger partial charge in [0, 0.05) is 6.42 Å². The van der Waals surface area contributed by atoms with Crippen molar-refractivity contribution in [2.45, 2.75) is 50.7 Å². The number of esters is 1. The van der Waals surface area contributed by atoms with Crippen molar-refractivity contribution in [2.75, 3.05) is 13.7 Å². The molecule has 0 fully saturated rings. The highest BCUT2D eigenvalue weighted by Crippen LogP contribution is 2.14. The number of hydrogen-bond acceptors (Lipinski definition) is 7. The second kappa shape index (κ2) is 9.00. The first kappa shape index (κ1) is 21.9. The van der Waals surface area contributed by atoms with Crippen LogP contribution in [-0.2, 0) is 28.6 Å². The zero-order chi connectivity index (χ0) is 20.0. The molecule has 1 aromatic rings. The van der Waals surface area contributed by atoms with Gasteiger partial charge in [0.2, 0.25) is 0 Å². The van der Waals surface area contributed by atoms with Crippen molar-refractivity contribution in [3.8, 4) is 0 Å². The van der Waals surface area contributed by atoms with Gasteiger partial charge in [0.1, 0.15) is 11.6 Å². The topological polar surface area (TPSA) is 108 Å². The Morgan fingerprint density at radius 1 is 1.15 bits per heavy atom. The molecule has 1 N–H and O–H groups in total. The highest BCUT2D eigenvalue weighted by molar-refractivity contribution is 7.86. The summed E-state index contributed by atoms with van der Waals surface area (Å²) in [6.07, 6.45) is -0.911. The van der Waals surface area contributed by atoms with Crippen molar-refractivity contribution in [1.29, 1.82) is 0 Å². The summed E-state index contributed by atoms with van der Waals surface area (Å²) in [5.74, 6) is -0.729. The number of aryl methyl sites for hydroxylation is 1. The van der Waals surface area contributed by atoms with Gasteiger partial charge in [0.15, 0.2) is 0 Å². The molecule has 26 heavy (non-hydrogen) atoms. The maximum atomic E-state index is 12.1. The molecule has 0 bridgehead atoms. The van der Waals surface area contributed by atoms with Crippen molar-refractivity contribution in [3.63, 3.8) is 0 Å². The third kappa shape index (κ3) is 7.40. The van der Waals surface area contributed by atoms with Gasteiger partial charge in [0.25, 0.3) is 10.1 Å². The normalized spacial score (nSPS) is 13.0. The number of hydrogen-bond donors (Lipinski definition) is 1. The van der Waals surface area contributed by atoms with E-state index in [9.17, 15) is 18.0 Å². The maximum Gasteiger partial charge on any atom is 0.408 e. The van der Waals surface area contributed by atoms with E-state index < -0.39 is 33.8 Å². The van der Waals surface area contributed by atoms with E-state index in [4.69, 9.17) is 8.92 Å². The van der Waals surface area contributed by atoms with Gasteiger partial charge in [-0.2, -0.15) is 8.42 Å². The predicted octanol–water partition coefficient (Wildman–Crippen LogP) is 2.16. The largest absolute Gasteiger partial charge is 0.467 e. The van der Waals surface area contributed by atoms with Gasteiger partial charge in [-0.05, 0) is 39.8 Å². The molecule has 1 atom stereocenters. The molecule has 9 heteroatoms. The van der Waals surface area contributed by atoms with Crippen molar-refractivity contribution in [3.05, 3.63) is 29.8 Å². The minimum Gasteiger partial charge on any atom is -0.467 e. The van der Waals surface area contributed by atoms with E-state index in [-0.39, 0.29) is 17.9 Å². The predicted molar refractivity (Wildman–Crippen MR) is 94.1 cm³/mol. The molecule has 0 aliphatic carbocycles. The van der Waals surface area contributed by atoms with Gasteiger partial charge in [-0.25, -0.2) is 9.59 Å². The first-order valence-corrected chi connectivity index (χ1v) is 9.39. The SMILES string of the molecule is COC(=O)C(CCOS(=O)(=O)c1ccc(C)cc1)NC(=O)OC(C)(C)C. The molecule has 1 unspecified atom stereocenters. The van der Waals surface area contributed by atoms with Crippen LogP contribution in [0.25, 0.3) is 0 Å². The quantitative estimate of drug-likeness (QED) is 0.564. The number of benzene rings is 1. The molecule has 0 radical (unpaired) electrons. The van der Waals surface area contributed by atoms with Gasteiger partial charge in [-0.3, -0.25) is 4.18 Å². The molecule has 146 valence electrons. The van der Waals surface area contributed by atoms with Crippen LogP contribution in [0.5, 0.6) is 0 Å². The lowest BCUT2D eigenvalue weighted by molar-refractivity contribution is -0.143. The molecule has 0 spiro atoms. The summed E-state index contributed by atoms with van der Waals surface area (Å²) in [6.45, 7) is 6.55. The van der Waals surface area contributed by atoms with Crippen molar-refractivity contribution in [2.24, 2.45) is 0 Å². The molecule has 0 aromatic heterocycles. The van der Waals surface area contributed by atoms with E-state index in [0.29, 0.717) is 0 Å². The van der Waals surface area contributed by atoms with E-state index >= 15 is 0 Å². The molecule has 1 amide bonds. The number of carbonyl (C=O) groups excluding carboxylic acids is 2. The highest BCUT2D eigenvalue weighted by atomic mass is 32.2. The van der Waals surface area contributed by atoms with Crippen LogP contribution in [0, 0.1) is 6.92 Å². The lowest BCUT2D eigenvalue weighted by atomic mass is 10.2. The van der Waals surface area contributed by atoms with E-state index in [0.717, 1.165) is 12.7 Å². The van der Waals surface area contributed by atoms with Crippen LogP contribution >= 0.6 is 0 Å². The van der Waals surface area contributed by atoms with E-state index in [1.54, 1.807) is 32.9 Å². The lowest BCUT2D eigenvalue weighted by Gasteiger charge is -2.22. The number of nitrogens with one attached hydrogen (secondary N) is 1. The van der Waals surface area contributed by atoms with Gasteiger partial charge in [0.05, 0.1) is 18.6 Å². The van der Waals surface area contributed by atoms with Crippen LogP contribution in [0.3, 0.4) is 0 Å². The number of alkyl carbamates (subject to hydrolysis) is 1. The number of carbonyl (C=O) groups is 2. The Kier molecular flexibility index (Phi) is 7.58. The Bertz CT molecular complexity index is 720. The third-order valence-electron chi connectivity index (χ3n) is 3.13. The monoisotopic (exact) mass is 387 g/mol. The summed E-state index contributed by atoms with van der Waals surface area (Å²) in [5, 5.41) is 2.35. The van der Waals surface area contributed by atoms with Crippen LogP contribution in [0.1, 0.15) is 32.8 Å². The molecule has 1 rings (SSSR count). The molecule has 1 aromatic carbocycles. The summed E-state index contributed by atoms with van der Waals surface area (Å²) in [4.78, 5) is 23.6. The molecular weight excluding hydrogens is 362 g/mol. The number of rotatable bonds is 7. The molecule has 0 aliphatic rings. The molecule has 0 heterocycles. The second-order valence-electron chi connectivity index (χ2n) is 6.60. The number of methoxy groups -OCH3 is 1. The summed E-state index contributed by atoms with van der Waals surface area (Å²) in [5.41, 5.74) is 0.173. The minimum atomic E-state index is -3.96. The third-order valence-corrected chi connectivity index (χ3v) is 4.46. The number of ether oxygens (including phenoxy) is 2. The van der Waals surface area contributed by atoms with Crippen LogP contribution in [-0.4, -0.2) is 45.8 Å². The zero-order valence-corrected chi connectivity index (χ0v) is 16.4. The first-order valence-electron chi connectivity index (χ1n) is 7.98. The van der Waals surface area contributed by atoms with Gasteiger partial charge in [-0.15, -0.1) is 0 Å². The summed E-state index contributed by atoms with van der Waals surface area (Å²) < 4.78 is 38.9. The smallest absolute Gasteiger partial charge is 0.408 e. The highest BCUT2D eigenvalue weighted by Gasteiger charge is 2.26. The fourth-order valence-corrected chi connectivity index (χ4v) is 2.81. The first-order chi connectivity index (χ1) is 11.9. The Balaban J connectivity index is 2.68. The fourth-order valence-electron chi connectivity index (χ4n) is 1.89. The summed E-state index contributed by atoms with van der Waals surface area (Å²) >= 11 is 0. The van der Waals surface area contributed by atoms with E-state index in [1.165, 1.54) is 12.1 Å².